The third-order valence-electron chi connectivity index (χ3n) is 6.99. The molecule has 0 bridgehead atoms. The van der Waals surface area contributed by atoms with Crippen LogP contribution in [0.4, 0.5) is 0 Å². The highest BCUT2D eigenvalue weighted by Crippen LogP contribution is 2.41. The van der Waals surface area contributed by atoms with Crippen molar-refractivity contribution in [2.75, 3.05) is 6.61 Å². The standard InChI is InChI=1S/C28H26N8O3S/c1-3-39-27(38)25-18(2)33(16-35-22-13-7-5-11-20(22)29-31-35)28(40)34(26(25)19-10-4-9-15-24(19)37)17-36-23-14-8-6-12-21(23)30-32-36/h4-15,26,37H,3,16-17H2,1-2H3. The number of fused-ring (bicyclic) bond motifs is 2. The monoisotopic (exact) mass is 554 g/mol. The molecule has 6 rings (SSSR count). The van der Waals surface area contributed by atoms with Gasteiger partial charge in [-0.05, 0) is 56.4 Å². The number of thiocarbonyl (C=S) groups is 1. The van der Waals surface area contributed by atoms with Crippen molar-refractivity contribution in [1.29, 1.82) is 0 Å². The molecule has 1 aliphatic heterocycles. The second kappa shape index (κ2) is 10.4. The first-order chi connectivity index (χ1) is 19.5. The predicted molar refractivity (Wildman–Crippen MR) is 152 cm³/mol. The molecule has 0 radical (unpaired) electrons. The van der Waals surface area contributed by atoms with E-state index in [2.05, 4.69) is 20.6 Å². The summed E-state index contributed by atoms with van der Waals surface area (Å²) in [6, 6.07) is 21.4. The molecule has 0 fully saturated rings. The van der Waals surface area contributed by atoms with Crippen LogP contribution in [0.25, 0.3) is 22.1 Å². The number of phenolic OH excluding ortho intramolecular Hbond substituents is 1. The Morgan fingerprint density at radius 1 is 0.900 bits per heavy atom. The molecular formula is C28H26N8O3S. The number of carbonyl (C=O) groups excluding carboxylic acids is 1. The highest BCUT2D eigenvalue weighted by Gasteiger charge is 2.42. The van der Waals surface area contributed by atoms with E-state index >= 15 is 0 Å². The zero-order chi connectivity index (χ0) is 27.8. The van der Waals surface area contributed by atoms with Crippen LogP contribution < -0.4 is 0 Å². The third-order valence-corrected chi connectivity index (χ3v) is 7.44. The highest BCUT2D eigenvalue weighted by atomic mass is 32.1. The lowest BCUT2D eigenvalue weighted by Crippen LogP contribution is -2.51. The van der Waals surface area contributed by atoms with E-state index in [1.54, 1.807) is 34.5 Å². The largest absolute Gasteiger partial charge is 0.508 e. The SMILES string of the molecule is CCOC(=O)C1=C(C)N(Cn2nnc3ccccc32)C(=S)N(Cn2nnc3ccccc32)C1c1ccccc1O. The lowest BCUT2D eigenvalue weighted by Gasteiger charge is -2.44. The zero-order valence-electron chi connectivity index (χ0n) is 21.9. The van der Waals surface area contributed by atoms with E-state index in [4.69, 9.17) is 17.0 Å². The molecule has 0 spiro atoms. The van der Waals surface area contributed by atoms with Crippen LogP contribution in [0.15, 0.2) is 84.1 Å². The second-order valence-corrected chi connectivity index (χ2v) is 9.66. The molecule has 5 aromatic rings. The van der Waals surface area contributed by atoms with Gasteiger partial charge in [-0.2, -0.15) is 0 Å². The summed E-state index contributed by atoms with van der Waals surface area (Å²) in [5.74, 6) is -0.466. The van der Waals surface area contributed by atoms with Gasteiger partial charge in [-0.15, -0.1) is 10.2 Å². The van der Waals surface area contributed by atoms with E-state index in [0.29, 0.717) is 21.9 Å². The Bertz CT molecular complexity index is 1780. The number of esters is 1. The smallest absolute Gasteiger partial charge is 0.338 e. The third kappa shape index (κ3) is 4.31. The van der Waals surface area contributed by atoms with Gasteiger partial charge in [0.05, 0.1) is 29.3 Å². The minimum absolute atomic E-state index is 0.0362. The summed E-state index contributed by atoms with van der Waals surface area (Å²) in [5.41, 5.74) is 4.57. The van der Waals surface area contributed by atoms with Crippen LogP contribution >= 0.6 is 12.2 Å². The molecule has 3 aromatic carbocycles. The Morgan fingerprint density at radius 2 is 1.48 bits per heavy atom. The summed E-state index contributed by atoms with van der Waals surface area (Å²) in [6.07, 6.45) is 0. The first-order valence-electron chi connectivity index (χ1n) is 12.8. The normalized spacial score (nSPS) is 15.8. The maximum Gasteiger partial charge on any atom is 0.338 e. The van der Waals surface area contributed by atoms with Crippen LogP contribution in [0.3, 0.4) is 0 Å². The van der Waals surface area contributed by atoms with Crippen molar-refractivity contribution in [2.45, 2.75) is 33.2 Å². The van der Waals surface area contributed by atoms with Crippen molar-refractivity contribution in [3.63, 3.8) is 0 Å². The average molecular weight is 555 g/mol. The molecule has 40 heavy (non-hydrogen) atoms. The van der Waals surface area contributed by atoms with E-state index < -0.39 is 12.0 Å². The Labute approximate surface area is 234 Å². The van der Waals surface area contributed by atoms with Crippen molar-refractivity contribution >= 4 is 45.4 Å². The molecular weight excluding hydrogens is 528 g/mol. The van der Waals surface area contributed by atoms with E-state index in [9.17, 15) is 9.90 Å². The topological polar surface area (TPSA) is 114 Å². The van der Waals surface area contributed by atoms with Crippen molar-refractivity contribution in [3.05, 3.63) is 89.6 Å². The van der Waals surface area contributed by atoms with E-state index in [1.165, 1.54) is 0 Å². The number of aromatic hydroxyl groups is 1. The molecule has 1 unspecified atom stereocenters. The minimum Gasteiger partial charge on any atom is -0.508 e. The maximum absolute atomic E-state index is 13.6. The Balaban J connectivity index is 1.52. The van der Waals surface area contributed by atoms with Crippen LogP contribution in [0.5, 0.6) is 5.75 Å². The number of allylic oxidation sites excluding steroid dienone is 1. The highest BCUT2D eigenvalue weighted by molar-refractivity contribution is 7.80. The Kier molecular flexibility index (Phi) is 6.60. The van der Waals surface area contributed by atoms with Gasteiger partial charge in [0.15, 0.2) is 5.11 Å². The molecule has 0 aliphatic carbocycles. The fourth-order valence-electron chi connectivity index (χ4n) is 5.05. The molecule has 12 heteroatoms. The van der Waals surface area contributed by atoms with Gasteiger partial charge in [-0.3, -0.25) is 0 Å². The number of para-hydroxylation sites is 3. The number of hydrogen-bond donors (Lipinski definition) is 1. The van der Waals surface area contributed by atoms with E-state index in [0.717, 1.165) is 22.1 Å². The molecule has 202 valence electrons. The molecule has 2 aromatic heterocycles. The van der Waals surface area contributed by atoms with Crippen molar-refractivity contribution in [1.82, 2.24) is 39.8 Å². The van der Waals surface area contributed by atoms with Gasteiger partial charge in [0.25, 0.3) is 0 Å². The fraction of sp³-hybridized carbons (Fsp3) is 0.214. The minimum atomic E-state index is -0.751. The summed E-state index contributed by atoms with van der Waals surface area (Å²) in [6.45, 7) is 4.13. The zero-order valence-corrected chi connectivity index (χ0v) is 22.7. The molecule has 3 heterocycles. The summed E-state index contributed by atoms with van der Waals surface area (Å²) >= 11 is 6.10. The number of hydrogen-bond acceptors (Lipinski definition) is 8. The Hall–Kier alpha value is -4.84. The number of benzene rings is 3. The quantitative estimate of drug-likeness (QED) is 0.234. The summed E-state index contributed by atoms with van der Waals surface area (Å²) < 4.78 is 9.00. The van der Waals surface area contributed by atoms with Gasteiger partial charge in [0.1, 0.15) is 30.1 Å². The van der Waals surface area contributed by atoms with Crippen molar-refractivity contribution < 1.29 is 14.6 Å². The molecule has 0 saturated carbocycles. The summed E-state index contributed by atoms with van der Waals surface area (Å²) in [5, 5.41) is 28.6. The van der Waals surface area contributed by atoms with Gasteiger partial charge in [-0.25, -0.2) is 14.2 Å². The fourth-order valence-corrected chi connectivity index (χ4v) is 5.41. The van der Waals surface area contributed by atoms with E-state index in [-0.39, 0.29) is 25.7 Å². The number of carbonyl (C=O) groups is 1. The van der Waals surface area contributed by atoms with Crippen molar-refractivity contribution in [3.8, 4) is 5.75 Å². The van der Waals surface area contributed by atoms with Crippen LogP contribution in [0.1, 0.15) is 25.5 Å². The lowest BCUT2D eigenvalue weighted by molar-refractivity contribution is -0.139. The van der Waals surface area contributed by atoms with Gasteiger partial charge in [-0.1, -0.05) is 52.9 Å². The first kappa shape index (κ1) is 25.4. The van der Waals surface area contributed by atoms with Crippen LogP contribution in [0.2, 0.25) is 0 Å². The molecule has 1 atom stereocenters. The summed E-state index contributed by atoms with van der Waals surface area (Å²) in [4.78, 5) is 17.3. The van der Waals surface area contributed by atoms with Crippen LogP contribution in [-0.4, -0.2) is 62.6 Å². The molecule has 0 amide bonds. The summed E-state index contributed by atoms with van der Waals surface area (Å²) in [7, 11) is 0. The van der Waals surface area contributed by atoms with E-state index in [1.807, 2.05) is 71.3 Å². The second-order valence-electron chi connectivity index (χ2n) is 9.30. The van der Waals surface area contributed by atoms with Gasteiger partial charge < -0.3 is 19.6 Å². The van der Waals surface area contributed by atoms with Gasteiger partial charge >= 0.3 is 5.97 Å². The molecule has 1 aliphatic rings. The van der Waals surface area contributed by atoms with Crippen LogP contribution in [0, 0.1) is 0 Å². The molecule has 0 saturated heterocycles. The maximum atomic E-state index is 13.6. The number of phenols is 1. The number of aromatic nitrogens is 6. The lowest BCUT2D eigenvalue weighted by atomic mass is 9.93. The van der Waals surface area contributed by atoms with Gasteiger partial charge in [0, 0.05) is 11.3 Å². The predicted octanol–water partition coefficient (Wildman–Crippen LogP) is 3.98. The number of nitrogens with zero attached hydrogens (tertiary/aromatic N) is 8. The molecule has 11 nitrogen and oxygen atoms in total. The number of rotatable bonds is 7. The number of ether oxygens (including phenoxy) is 1. The van der Waals surface area contributed by atoms with Crippen LogP contribution in [-0.2, 0) is 22.9 Å². The van der Waals surface area contributed by atoms with Gasteiger partial charge in [0.2, 0.25) is 0 Å². The average Bonchev–Trinajstić information content (AvgIpc) is 3.57. The Morgan fingerprint density at radius 3 is 2.10 bits per heavy atom. The van der Waals surface area contributed by atoms with Crippen molar-refractivity contribution in [2.24, 2.45) is 0 Å². The molecule has 1 N–H and O–H groups in total. The first-order valence-corrected chi connectivity index (χ1v) is 13.2.